The van der Waals surface area contributed by atoms with Crippen molar-refractivity contribution in [3.8, 4) is 11.1 Å². The molecule has 0 saturated carbocycles. The van der Waals surface area contributed by atoms with Gasteiger partial charge in [0.15, 0.2) is 12.4 Å². The van der Waals surface area contributed by atoms with Crippen molar-refractivity contribution in [1.29, 1.82) is 0 Å². The summed E-state index contributed by atoms with van der Waals surface area (Å²) in [5.41, 5.74) is 3.10. The molecule has 2 amide bonds. The maximum absolute atomic E-state index is 13.0. The SMILES string of the molecule is COC(=O)c1ccc(N2C(=O)c3ccc(C(=O)OCC(=O)c4ccc(-c5ccccc5)cc4)cc3C2=O)cc1. The van der Waals surface area contributed by atoms with Crippen molar-refractivity contribution < 1.29 is 33.4 Å². The van der Waals surface area contributed by atoms with Gasteiger partial charge in [-0.25, -0.2) is 14.5 Å². The van der Waals surface area contributed by atoms with E-state index in [0.717, 1.165) is 16.0 Å². The van der Waals surface area contributed by atoms with E-state index in [4.69, 9.17) is 4.74 Å². The number of hydrogen-bond acceptors (Lipinski definition) is 7. The molecule has 39 heavy (non-hydrogen) atoms. The van der Waals surface area contributed by atoms with Crippen LogP contribution in [0, 0.1) is 0 Å². The van der Waals surface area contributed by atoms with Crippen LogP contribution in [0.3, 0.4) is 0 Å². The van der Waals surface area contributed by atoms with Crippen LogP contribution in [0.5, 0.6) is 0 Å². The number of esters is 2. The molecule has 0 N–H and O–H groups in total. The number of benzene rings is 4. The lowest BCUT2D eigenvalue weighted by atomic mass is 10.0. The maximum atomic E-state index is 13.0. The number of carbonyl (C=O) groups is 5. The van der Waals surface area contributed by atoms with Crippen molar-refractivity contribution in [3.63, 3.8) is 0 Å². The summed E-state index contributed by atoms with van der Waals surface area (Å²) in [5.74, 6) is -2.90. The van der Waals surface area contributed by atoms with E-state index in [1.54, 1.807) is 12.1 Å². The minimum atomic E-state index is -0.798. The molecule has 0 radical (unpaired) electrons. The van der Waals surface area contributed by atoms with E-state index in [9.17, 15) is 24.0 Å². The van der Waals surface area contributed by atoms with Crippen LogP contribution in [0.1, 0.15) is 51.8 Å². The van der Waals surface area contributed by atoms with E-state index in [1.165, 1.54) is 49.6 Å². The van der Waals surface area contributed by atoms with Gasteiger partial charge in [-0.3, -0.25) is 14.4 Å². The van der Waals surface area contributed by atoms with Crippen LogP contribution in [-0.2, 0) is 9.47 Å². The highest BCUT2D eigenvalue weighted by Gasteiger charge is 2.37. The van der Waals surface area contributed by atoms with Gasteiger partial charge in [0.2, 0.25) is 0 Å². The second-order valence-corrected chi connectivity index (χ2v) is 8.69. The average Bonchev–Trinajstić information content (AvgIpc) is 3.24. The third kappa shape index (κ3) is 4.95. The number of ether oxygens (including phenoxy) is 2. The van der Waals surface area contributed by atoms with Gasteiger partial charge in [0.1, 0.15) is 0 Å². The maximum Gasteiger partial charge on any atom is 0.338 e. The molecular formula is C31H21NO7. The van der Waals surface area contributed by atoms with Gasteiger partial charge in [-0.15, -0.1) is 0 Å². The molecule has 0 aromatic heterocycles. The Morgan fingerprint density at radius 3 is 1.90 bits per heavy atom. The minimum Gasteiger partial charge on any atom is -0.465 e. The molecule has 0 saturated heterocycles. The number of methoxy groups -OCH3 is 1. The molecule has 1 aliphatic heterocycles. The molecule has 0 fully saturated rings. The number of anilines is 1. The number of Topliss-reactive ketones (excluding diaryl/α,β-unsaturated/α-hetero) is 1. The molecule has 0 bridgehead atoms. The van der Waals surface area contributed by atoms with E-state index in [2.05, 4.69) is 4.74 Å². The molecule has 8 nitrogen and oxygen atoms in total. The third-order valence-electron chi connectivity index (χ3n) is 6.32. The lowest BCUT2D eigenvalue weighted by Crippen LogP contribution is -2.29. The molecule has 4 aromatic carbocycles. The number of ketones is 1. The van der Waals surface area contributed by atoms with Crippen LogP contribution < -0.4 is 4.90 Å². The molecule has 4 aromatic rings. The van der Waals surface area contributed by atoms with Gasteiger partial charge in [0.05, 0.1) is 35.1 Å². The summed E-state index contributed by atoms with van der Waals surface area (Å²) in [5, 5.41) is 0. The summed E-state index contributed by atoms with van der Waals surface area (Å²) in [6, 6.07) is 26.5. The van der Waals surface area contributed by atoms with Crippen molar-refractivity contribution in [2.45, 2.75) is 0 Å². The van der Waals surface area contributed by atoms with Crippen LogP contribution in [0.4, 0.5) is 5.69 Å². The Hall–Kier alpha value is -5.37. The molecule has 8 heteroatoms. The number of rotatable bonds is 7. The normalized spacial score (nSPS) is 12.2. The number of imide groups is 1. The van der Waals surface area contributed by atoms with Gasteiger partial charge in [0, 0.05) is 5.56 Å². The smallest absolute Gasteiger partial charge is 0.338 e. The summed E-state index contributed by atoms with van der Waals surface area (Å²) in [6.45, 7) is -0.480. The predicted molar refractivity (Wildman–Crippen MR) is 142 cm³/mol. The van der Waals surface area contributed by atoms with Crippen LogP contribution in [-0.4, -0.2) is 43.3 Å². The molecule has 0 unspecified atom stereocenters. The number of hydrogen-bond donors (Lipinski definition) is 0. The lowest BCUT2D eigenvalue weighted by Gasteiger charge is -2.14. The molecule has 192 valence electrons. The van der Waals surface area contributed by atoms with Crippen LogP contribution in [0.25, 0.3) is 11.1 Å². The summed E-state index contributed by atoms with van der Waals surface area (Å²) < 4.78 is 9.86. The van der Waals surface area contributed by atoms with Crippen LogP contribution in [0.15, 0.2) is 97.1 Å². The molecule has 5 rings (SSSR count). The Balaban J connectivity index is 1.25. The van der Waals surface area contributed by atoms with Gasteiger partial charge in [-0.1, -0.05) is 54.6 Å². The zero-order valence-electron chi connectivity index (χ0n) is 20.7. The number of carbonyl (C=O) groups excluding carboxylic acids is 5. The summed E-state index contributed by atoms with van der Waals surface area (Å²) in [6.07, 6.45) is 0. The molecule has 0 atom stereocenters. The summed E-state index contributed by atoms with van der Waals surface area (Å²) in [4.78, 5) is 63.8. The second kappa shape index (κ2) is 10.5. The first kappa shape index (κ1) is 25.3. The fraction of sp³-hybridized carbons (Fsp3) is 0.0645. The topological polar surface area (TPSA) is 107 Å². The van der Waals surface area contributed by atoms with Crippen LogP contribution >= 0.6 is 0 Å². The van der Waals surface area contributed by atoms with Gasteiger partial charge in [0.25, 0.3) is 11.8 Å². The van der Waals surface area contributed by atoms with Crippen molar-refractivity contribution in [1.82, 2.24) is 0 Å². The molecule has 0 aliphatic carbocycles. The third-order valence-corrected chi connectivity index (χ3v) is 6.32. The highest BCUT2D eigenvalue weighted by molar-refractivity contribution is 6.34. The first-order valence-electron chi connectivity index (χ1n) is 11.9. The summed E-state index contributed by atoms with van der Waals surface area (Å²) in [7, 11) is 1.25. The van der Waals surface area contributed by atoms with E-state index in [0.29, 0.717) is 5.56 Å². The Labute approximate surface area is 223 Å². The quantitative estimate of drug-likeness (QED) is 0.193. The number of fused-ring (bicyclic) bond motifs is 1. The monoisotopic (exact) mass is 519 g/mol. The lowest BCUT2D eigenvalue weighted by molar-refractivity contribution is 0.0474. The molecule has 0 spiro atoms. The highest BCUT2D eigenvalue weighted by atomic mass is 16.5. The Morgan fingerprint density at radius 1 is 0.641 bits per heavy atom. The fourth-order valence-electron chi connectivity index (χ4n) is 4.24. The number of amides is 2. The second-order valence-electron chi connectivity index (χ2n) is 8.69. The van der Waals surface area contributed by atoms with Crippen molar-refractivity contribution in [3.05, 3.63) is 125 Å². The van der Waals surface area contributed by atoms with Crippen LogP contribution in [0.2, 0.25) is 0 Å². The van der Waals surface area contributed by atoms with Gasteiger partial charge >= 0.3 is 11.9 Å². The van der Waals surface area contributed by atoms with E-state index >= 15 is 0 Å². The minimum absolute atomic E-state index is 0.0324. The molecule has 1 aliphatic rings. The van der Waals surface area contributed by atoms with Crippen molar-refractivity contribution in [2.75, 3.05) is 18.6 Å². The van der Waals surface area contributed by atoms with E-state index < -0.39 is 30.4 Å². The van der Waals surface area contributed by atoms with E-state index in [1.807, 2.05) is 42.5 Å². The number of nitrogens with zero attached hydrogens (tertiary/aromatic N) is 1. The Kier molecular flexibility index (Phi) is 6.84. The largest absolute Gasteiger partial charge is 0.465 e. The van der Waals surface area contributed by atoms with Gasteiger partial charge in [-0.2, -0.15) is 0 Å². The first-order valence-corrected chi connectivity index (χ1v) is 11.9. The highest BCUT2D eigenvalue weighted by Crippen LogP contribution is 2.29. The standard InChI is InChI=1S/C31H21NO7/c1-38-30(36)22-11-14-24(15-12-22)32-28(34)25-16-13-23(17-26(25)29(32)35)31(37)39-18-27(33)21-9-7-20(8-10-21)19-5-3-2-4-6-19/h2-17H,18H2,1H3. The average molecular weight is 520 g/mol. The van der Waals surface area contributed by atoms with Gasteiger partial charge in [-0.05, 0) is 53.6 Å². The fourth-order valence-corrected chi connectivity index (χ4v) is 4.24. The summed E-state index contributed by atoms with van der Waals surface area (Å²) >= 11 is 0. The Morgan fingerprint density at radius 2 is 1.23 bits per heavy atom. The predicted octanol–water partition coefficient (Wildman–Crippen LogP) is 4.98. The Bertz CT molecular complexity index is 1610. The zero-order valence-corrected chi connectivity index (χ0v) is 20.7. The van der Waals surface area contributed by atoms with E-state index in [-0.39, 0.29) is 33.7 Å². The first-order chi connectivity index (χ1) is 18.9. The van der Waals surface area contributed by atoms with Crippen molar-refractivity contribution in [2.24, 2.45) is 0 Å². The van der Waals surface area contributed by atoms with Gasteiger partial charge < -0.3 is 9.47 Å². The zero-order chi connectivity index (χ0) is 27.5. The molecule has 1 heterocycles. The molecular weight excluding hydrogens is 498 g/mol. The van der Waals surface area contributed by atoms with Crippen molar-refractivity contribution >= 4 is 35.2 Å².